The number of hydrogen-bond donors (Lipinski definition) is 3. The van der Waals surface area contributed by atoms with E-state index >= 15 is 0 Å². The van der Waals surface area contributed by atoms with E-state index in [9.17, 15) is 0 Å². The van der Waals surface area contributed by atoms with E-state index in [0.717, 1.165) is 11.6 Å². The van der Waals surface area contributed by atoms with Crippen LogP contribution in [0.25, 0.3) is 0 Å². The number of fused-ring (bicyclic) bond motifs is 1. The first-order valence-corrected chi connectivity index (χ1v) is 7.04. The van der Waals surface area contributed by atoms with Crippen molar-refractivity contribution in [3.8, 4) is 0 Å². The van der Waals surface area contributed by atoms with E-state index in [1.807, 2.05) is 0 Å². The predicted octanol–water partition coefficient (Wildman–Crippen LogP) is 2.91. The molecule has 0 amide bonds. The van der Waals surface area contributed by atoms with Crippen LogP contribution in [0.1, 0.15) is 49.6 Å². The maximum Gasteiger partial charge on any atom is 0.192 e. The van der Waals surface area contributed by atoms with Crippen LogP contribution in [0, 0.1) is 11.3 Å². The van der Waals surface area contributed by atoms with Crippen molar-refractivity contribution in [2.75, 3.05) is 5.32 Å². The summed E-state index contributed by atoms with van der Waals surface area (Å²) in [5.74, 6) is 1.24. The minimum Gasteiger partial charge on any atom is -0.370 e. The third-order valence-electron chi connectivity index (χ3n) is 3.57. The molecule has 0 saturated heterocycles. The molecule has 5 heteroatoms. The monoisotopic (exact) mass is 252 g/mol. The standard InChI is InChI=1S/C12H20N4S/c1-3-7(2)8-5-4-6-9-10(8)15-12(17-9)16-11(13)14/h7-8H,3-6H2,1-2H3,(H4,13,14,15,16). The second-order valence-electron chi connectivity index (χ2n) is 4.75. The van der Waals surface area contributed by atoms with Gasteiger partial charge in [0.2, 0.25) is 0 Å². The molecule has 0 radical (unpaired) electrons. The Balaban J connectivity index is 2.25. The first kappa shape index (κ1) is 12.4. The molecule has 1 aromatic rings. The molecule has 1 aliphatic rings. The quantitative estimate of drug-likeness (QED) is 0.572. The van der Waals surface area contributed by atoms with Gasteiger partial charge in [0.15, 0.2) is 11.1 Å². The lowest BCUT2D eigenvalue weighted by molar-refractivity contribution is 0.391. The van der Waals surface area contributed by atoms with Crippen LogP contribution in [-0.2, 0) is 6.42 Å². The fourth-order valence-corrected chi connectivity index (χ4v) is 3.55. The Hall–Kier alpha value is -1.10. The smallest absolute Gasteiger partial charge is 0.192 e. The van der Waals surface area contributed by atoms with E-state index in [-0.39, 0.29) is 5.96 Å². The van der Waals surface area contributed by atoms with Crippen LogP contribution in [0.2, 0.25) is 0 Å². The Labute approximate surface area is 106 Å². The zero-order valence-corrected chi connectivity index (χ0v) is 11.2. The van der Waals surface area contributed by atoms with Gasteiger partial charge in [0.25, 0.3) is 0 Å². The Morgan fingerprint density at radius 1 is 1.71 bits per heavy atom. The number of nitrogens with zero attached hydrogens (tertiary/aromatic N) is 1. The molecule has 4 N–H and O–H groups in total. The van der Waals surface area contributed by atoms with Gasteiger partial charge in [-0.1, -0.05) is 20.3 Å². The van der Waals surface area contributed by atoms with E-state index in [0.29, 0.717) is 11.8 Å². The lowest BCUT2D eigenvalue weighted by atomic mass is 9.81. The Bertz CT molecular complexity index is 413. The fraction of sp³-hybridized carbons (Fsp3) is 0.667. The van der Waals surface area contributed by atoms with Crippen molar-refractivity contribution in [1.29, 1.82) is 5.41 Å². The zero-order chi connectivity index (χ0) is 12.4. The molecule has 0 aromatic carbocycles. The van der Waals surface area contributed by atoms with Gasteiger partial charge in [-0.05, 0) is 25.2 Å². The topological polar surface area (TPSA) is 74.8 Å². The molecule has 1 aromatic heterocycles. The highest BCUT2D eigenvalue weighted by Crippen LogP contribution is 2.41. The van der Waals surface area contributed by atoms with E-state index < -0.39 is 0 Å². The van der Waals surface area contributed by atoms with Gasteiger partial charge in [-0.3, -0.25) is 5.41 Å². The highest BCUT2D eigenvalue weighted by Gasteiger charge is 2.28. The van der Waals surface area contributed by atoms with Crippen molar-refractivity contribution in [3.05, 3.63) is 10.6 Å². The highest BCUT2D eigenvalue weighted by atomic mass is 32.1. The number of rotatable bonds is 3. The predicted molar refractivity (Wildman–Crippen MR) is 72.8 cm³/mol. The Morgan fingerprint density at radius 2 is 2.47 bits per heavy atom. The fourth-order valence-electron chi connectivity index (χ4n) is 2.46. The van der Waals surface area contributed by atoms with Crippen molar-refractivity contribution in [3.63, 3.8) is 0 Å². The Morgan fingerprint density at radius 3 is 3.12 bits per heavy atom. The zero-order valence-electron chi connectivity index (χ0n) is 10.4. The number of guanidine groups is 1. The van der Waals surface area contributed by atoms with Gasteiger partial charge in [0.1, 0.15) is 0 Å². The molecule has 0 fully saturated rings. The number of nitrogens with one attached hydrogen (secondary N) is 2. The number of aryl methyl sites for hydroxylation is 1. The lowest BCUT2D eigenvalue weighted by Crippen LogP contribution is -2.20. The van der Waals surface area contributed by atoms with E-state index in [2.05, 4.69) is 24.1 Å². The normalized spacial score (nSPS) is 20.7. The minimum absolute atomic E-state index is 0.0313. The molecule has 2 atom stereocenters. The van der Waals surface area contributed by atoms with Crippen molar-refractivity contribution in [1.82, 2.24) is 4.98 Å². The minimum atomic E-state index is -0.0313. The molecule has 0 saturated carbocycles. The largest absolute Gasteiger partial charge is 0.370 e. The SMILES string of the molecule is CCC(C)C1CCCc2sc(NC(=N)N)nc21. The molecule has 0 bridgehead atoms. The van der Waals surface area contributed by atoms with Crippen molar-refractivity contribution < 1.29 is 0 Å². The van der Waals surface area contributed by atoms with Crippen LogP contribution in [0.5, 0.6) is 0 Å². The average Bonchev–Trinajstić information content (AvgIpc) is 2.68. The summed E-state index contributed by atoms with van der Waals surface area (Å²) in [4.78, 5) is 6.01. The maximum atomic E-state index is 7.25. The van der Waals surface area contributed by atoms with Crippen LogP contribution >= 0.6 is 11.3 Å². The lowest BCUT2D eigenvalue weighted by Gasteiger charge is -2.25. The van der Waals surface area contributed by atoms with Crippen molar-refractivity contribution in [2.24, 2.45) is 11.7 Å². The molecule has 2 rings (SSSR count). The van der Waals surface area contributed by atoms with Gasteiger partial charge >= 0.3 is 0 Å². The average molecular weight is 252 g/mol. The molecule has 94 valence electrons. The van der Waals surface area contributed by atoms with Gasteiger partial charge in [-0.2, -0.15) is 0 Å². The summed E-state index contributed by atoms with van der Waals surface area (Å²) >= 11 is 1.65. The van der Waals surface area contributed by atoms with Gasteiger partial charge < -0.3 is 11.1 Å². The highest BCUT2D eigenvalue weighted by molar-refractivity contribution is 7.15. The number of nitrogens with two attached hydrogens (primary N) is 1. The molecule has 0 spiro atoms. The first-order chi connectivity index (χ1) is 8.11. The maximum absolute atomic E-state index is 7.25. The number of thiazole rings is 1. The van der Waals surface area contributed by atoms with E-state index in [1.165, 1.54) is 29.8 Å². The summed E-state index contributed by atoms with van der Waals surface area (Å²) in [5, 5.41) is 10.8. The van der Waals surface area contributed by atoms with Gasteiger partial charge in [-0.25, -0.2) is 4.98 Å². The van der Waals surface area contributed by atoms with Crippen LogP contribution in [-0.4, -0.2) is 10.9 Å². The third kappa shape index (κ3) is 2.60. The molecular weight excluding hydrogens is 232 g/mol. The summed E-state index contributed by atoms with van der Waals surface area (Å²) in [6.45, 7) is 4.54. The summed E-state index contributed by atoms with van der Waals surface area (Å²) in [6.07, 6.45) is 4.81. The summed E-state index contributed by atoms with van der Waals surface area (Å²) in [6, 6.07) is 0. The summed E-state index contributed by atoms with van der Waals surface area (Å²) < 4.78 is 0. The van der Waals surface area contributed by atoms with Gasteiger partial charge in [-0.15, -0.1) is 11.3 Å². The molecule has 17 heavy (non-hydrogen) atoms. The van der Waals surface area contributed by atoms with Gasteiger partial charge in [0.05, 0.1) is 5.69 Å². The second kappa shape index (κ2) is 5.04. The summed E-state index contributed by atoms with van der Waals surface area (Å²) in [5.41, 5.74) is 6.59. The molecule has 0 aliphatic heterocycles. The molecule has 4 nitrogen and oxygen atoms in total. The second-order valence-corrected chi connectivity index (χ2v) is 5.83. The van der Waals surface area contributed by atoms with Gasteiger partial charge in [0, 0.05) is 10.8 Å². The molecule has 2 unspecified atom stereocenters. The number of hydrogen-bond acceptors (Lipinski definition) is 3. The molecule has 1 aliphatic carbocycles. The van der Waals surface area contributed by atoms with Crippen LogP contribution in [0.3, 0.4) is 0 Å². The van der Waals surface area contributed by atoms with E-state index in [4.69, 9.17) is 11.1 Å². The Kier molecular flexibility index (Phi) is 3.66. The molecule has 1 heterocycles. The molecular formula is C12H20N4S. The first-order valence-electron chi connectivity index (χ1n) is 6.22. The van der Waals surface area contributed by atoms with Crippen molar-refractivity contribution >= 4 is 22.4 Å². The van der Waals surface area contributed by atoms with Crippen LogP contribution in [0.4, 0.5) is 5.13 Å². The third-order valence-corrected chi connectivity index (χ3v) is 4.62. The summed E-state index contributed by atoms with van der Waals surface area (Å²) in [7, 11) is 0. The van der Waals surface area contributed by atoms with Crippen LogP contribution < -0.4 is 11.1 Å². The number of anilines is 1. The number of aromatic nitrogens is 1. The van der Waals surface area contributed by atoms with E-state index in [1.54, 1.807) is 11.3 Å². The van der Waals surface area contributed by atoms with Crippen LogP contribution in [0.15, 0.2) is 0 Å². The van der Waals surface area contributed by atoms with Crippen molar-refractivity contribution in [2.45, 2.75) is 45.4 Å².